The van der Waals surface area contributed by atoms with Gasteiger partial charge in [-0.25, -0.2) is 4.79 Å². The molecule has 2 aromatic carbocycles. The minimum atomic E-state index is -0.573. The molecule has 0 aromatic heterocycles. The maximum atomic E-state index is 11.8. The third kappa shape index (κ3) is 4.39. The first-order valence-corrected chi connectivity index (χ1v) is 7.72. The van der Waals surface area contributed by atoms with Crippen molar-refractivity contribution in [1.82, 2.24) is 0 Å². The van der Waals surface area contributed by atoms with Crippen LogP contribution < -0.4 is 9.64 Å². The highest BCUT2D eigenvalue weighted by molar-refractivity contribution is 5.88. The molecule has 0 aliphatic rings. The first-order valence-electron chi connectivity index (χ1n) is 7.72. The van der Waals surface area contributed by atoms with E-state index in [-0.39, 0.29) is 12.1 Å². The number of carbonyl (C=O) groups excluding carboxylic acids is 1. The molecule has 1 unspecified atom stereocenters. The van der Waals surface area contributed by atoms with Crippen molar-refractivity contribution in [2.75, 3.05) is 25.7 Å². The predicted molar refractivity (Wildman–Crippen MR) is 96.3 cm³/mol. The summed E-state index contributed by atoms with van der Waals surface area (Å²) in [6.45, 7) is 3.96. The highest BCUT2D eigenvalue weighted by Crippen LogP contribution is 2.29. The first kappa shape index (κ1) is 18.1. The third-order valence-corrected chi connectivity index (χ3v) is 3.79. The molecule has 2 rings (SSSR count). The largest absolute Gasteiger partial charge is 0.497 e. The zero-order valence-corrected chi connectivity index (χ0v) is 14.3. The number of nitriles is 1. The Hall–Kier alpha value is -3.26. The van der Waals surface area contributed by atoms with Gasteiger partial charge < -0.3 is 14.4 Å². The zero-order valence-electron chi connectivity index (χ0n) is 14.3. The predicted octanol–water partition coefficient (Wildman–Crippen LogP) is 3.50. The van der Waals surface area contributed by atoms with Crippen LogP contribution in [0.5, 0.6) is 5.75 Å². The minimum absolute atomic E-state index is 0.173. The summed E-state index contributed by atoms with van der Waals surface area (Å²) in [7, 11) is 2.90. The molecule has 0 amide bonds. The van der Waals surface area contributed by atoms with E-state index in [9.17, 15) is 10.1 Å². The van der Waals surface area contributed by atoms with Gasteiger partial charge in [0.15, 0.2) is 0 Å². The lowest BCUT2D eigenvalue weighted by atomic mass is 10.0. The Morgan fingerprint density at radius 1 is 1.16 bits per heavy atom. The molecule has 5 nitrogen and oxygen atoms in total. The molecule has 128 valence electrons. The van der Waals surface area contributed by atoms with Gasteiger partial charge in [-0.1, -0.05) is 36.9 Å². The van der Waals surface area contributed by atoms with E-state index in [1.54, 1.807) is 7.11 Å². The van der Waals surface area contributed by atoms with Crippen LogP contribution in [0.15, 0.2) is 66.7 Å². The van der Waals surface area contributed by atoms with Crippen molar-refractivity contribution in [1.29, 1.82) is 5.26 Å². The van der Waals surface area contributed by atoms with Gasteiger partial charge in [0.05, 0.1) is 26.8 Å². The number of anilines is 1. The molecule has 0 aliphatic heterocycles. The summed E-state index contributed by atoms with van der Waals surface area (Å²) >= 11 is 0. The van der Waals surface area contributed by atoms with Crippen LogP contribution in [0.3, 0.4) is 0 Å². The lowest BCUT2D eigenvalue weighted by molar-refractivity contribution is -0.136. The Kier molecular flexibility index (Phi) is 6.19. The molecular formula is C20H20N2O3. The monoisotopic (exact) mass is 336 g/mol. The maximum Gasteiger partial charge on any atom is 0.334 e. The summed E-state index contributed by atoms with van der Waals surface area (Å²) in [4.78, 5) is 13.6. The second kappa shape index (κ2) is 8.55. The molecule has 0 spiro atoms. The standard InChI is InChI=1S/C20H20N2O3/c1-15(20(23)25-3)14-22(17-9-11-18(24-2)12-10-17)19(13-21)16-7-5-4-6-8-16/h4-12,19H,1,14H2,2-3H3. The molecule has 0 aliphatic carbocycles. The number of nitrogens with zero attached hydrogens (tertiary/aromatic N) is 2. The fraction of sp³-hybridized carbons (Fsp3) is 0.200. The third-order valence-electron chi connectivity index (χ3n) is 3.79. The van der Waals surface area contributed by atoms with Crippen LogP contribution in [-0.4, -0.2) is 26.7 Å². The Balaban J connectivity index is 2.41. The number of hydrogen-bond acceptors (Lipinski definition) is 5. The Labute approximate surface area is 147 Å². The van der Waals surface area contributed by atoms with Crippen molar-refractivity contribution >= 4 is 11.7 Å². The quantitative estimate of drug-likeness (QED) is 0.572. The number of rotatable bonds is 7. The maximum absolute atomic E-state index is 11.8. The SMILES string of the molecule is C=C(CN(c1ccc(OC)cc1)C(C#N)c1ccccc1)C(=O)OC. The Bertz CT molecular complexity index is 764. The van der Waals surface area contributed by atoms with Gasteiger partial charge in [0.2, 0.25) is 0 Å². The summed E-state index contributed by atoms with van der Waals surface area (Å²) in [5, 5.41) is 9.76. The van der Waals surface area contributed by atoms with Crippen molar-refractivity contribution < 1.29 is 14.3 Å². The molecule has 0 N–H and O–H groups in total. The van der Waals surface area contributed by atoms with Crippen LogP contribution >= 0.6 is 0 Å². The van der Waals surface area contributed by atoms with Crippen LogP contribution in [0.4, 0.5) is 5.69 Å². The Morgan fingerprint density at radius 2 is 1.80 bits per heavy atom. The van der Waals surface area contributed by atoms with E-state index in [0.717, 1.165) is 11.3 Å². The highest BCUT2D eigenvalue weighted by atomic mass is 16.5. The van der Waals surface area contributed by atoms with Gasteiger partial charge in [-0.3, -0.25) is 0 Å². The van der Waals surface area contributed by atoms with E-state index in [4.69, 9.17) is 9.47 Å². The first-order chi connectivity index (χ1) is 12.1. The Morgan fingerprint density at radius 3 is 2.32 bits per heavy atom. The van der Waals surface area contributed by atoms with Crippen LogP contribution in [0, 0.1) is 11.3 Å². The van der Waals surface area contributed by atoms with E-state index in [2.05, 4.69) is 12.6 Å². The fourth-order valence-corrected chi connectivity index (χ4v) is 2.48. The molecule has 0 radical (unpaired) electrons. The second-order valence-corrected chi connectivity index (χ2v) is 5.36. The number of ether oxygens (including phenoxy) is 2. The van der Waals surface area contributed by atoms with Crippen molar-refractivity contribution in [3.8, 4) is 11.8 Å². The van der Waals surface area contributed by atoms with Crippen LogP contribution in [-0.2, 0) is 9.53 Å². The lowest BCUT2D eigenvalue weighted by Crippen LogP contribution is -2.31. The van der Waals surface area contributed by atoms with E-state index in [1.165, 1.54) is 7.11 Å². The number of carbonyl (C=O) groups is 1. The smallest absolute Gasteiger partial charge is 0.334 e. The summed E-state index contributed by atoms with van der Waals surface area (Å²) < 4.78 is 9.92. The molecular weight excluding hydrogens is 316 g/mol. The van der Waals surface area contributed by atoms with Gasteiger partial charge in [0, 0.05) is 11.3 Å². The molecule has 5 heteroatoms. The fourth-order valence-electron chi connectivity index (χ4n) is 2.48. The minimum Gasteiger partial charge on any atom is -0.497 e. The van der Waals surface area contributed by atoms with Crippen LogP contribution in [0.2, 0.25) is 0 Å². The second-order valence-electron chi connectivity index (χ2n) is 5.36. The zero-order chi connectivity index (χ0) is 18.2. The highest BCUT2D eigenvalue weighted by Gasteiger charge is 2.23. The van der Waals surface area contributed by atoms with Gasteiger partial charge in [0.25, 0.3) is 0 Å². The van der Waals surface area contributed by atoms with E-state index in [0.29, 0.717) is 5.75 Å². The number of benzene rings is 2. The van der Waals surface area contributed by atoms with E-state index < -0.39 is 12.0 Å². The number of hydrogen-bond donors (Lipinski definition) is 0. The van der Waals surface area contributed by atoms with Gasteiger partial charge in [-0.15, -0.1) is 0 Å². The van der Waals surface area contributed by atoms with Crippen molar-refractivity contribution in [2.45, 2.75) is 6.04 Å². The molecule has 0 saturated carbocycles. The van der Waals surface area contributed by atoms with Crippen molar-refractivity contribution in [2.24, 2.45) is 0 Å². The van der Waals surface area contributed by atoms with E-state index in [1.807, 2.05) is 59.5 Å². The van der Waals surface area contributed by atoms with Crippen molar-refractivity contribution in [3.05, 3.63) is 72.3 Å². The summed E-state index contributed by atoms with van der Waals surface area (Å²) in [6, 6.07) is 18.4. The normalized spacial score (nSPS) is 11.1. The molecule has 25 heavy (non-hydrogen) atoms. The topological polar surface area (TPSA) is 62.6 Å². The molecule has 2 aromatic rings. The van der Waals surface area contributed by atoms with Gasteiger partial charge in [-0.05, 0) is 29.8 Å². The average molecular weight is 336 g/mol. The average Bonchev–Trinajstić information content (AvgIpc) is 2.68. The van der Waals surface area contributed by atoms with Crippen LogP contribution in [0.25, 0.3) is 0 Å². The van der Waals surface area contributed by atoms with Gasteiger partial charge in [0.1, 0.15) is 11.8 Å². The number of esters is 1. The summed E-state index contributed by atoms with van der Waals surface area (Å²) in [5.41, 5.74) is 1.88. The molecule has 1 atom stereocenters. The van der Waals surface area contributed by atoms with Crippen LogP contribution in [0.1, 0.15) is 11.6 Å². The van der Waals surface area contributed by atoms with Crippen molar-refractivity contribution in [3.63, 3.8) is 0 Å². The molecule has 0 fully saturated rings. The van der Waals surface area contributed by atoms with Gasteiger partial charge >= 0.3 is 5.97 Å². The summed E-state index contributed by atoms with van der Waals surface area (Å²) in [6.07, 6.45) is 0. The lowest BCUT2D eigenvalue weighted by Gasteiger charge is -2.30. The van der Waals surface area contributed by atoms with E-state index >= 15 is 0 Å². The van der Waals surface area contributed by atoms with Gasteiger partial charge in [-0.2, -0.15) is 5.26 Å². The summed E-state index contributed by atoms with van der Waals surface area (Å²) in [5.74, 6) is 0.215. The molecule has 0 bridgehead atoms. The number of methoxy groups -OCH3 is 2. The molecule has 0 heterocycles. The molecule has 0 saturated heterocycles.